The van der Waals surface area contributed by atoms with E-state index in [9.17, 15) is 0 Å². The van der Waals surface area contributed by atoms with Crippen LogP contribution < -0.4 is 10.2 Å². The quantitative estimate of drug-likeness (QED) is 0.717. The van der Waals surface area contributed by atoms with Crippen LogP contribution in [0, 0.1) is 18.8 Å². The molecule has 7 heteroatoms. The lowest BCUT2D eigenvalue weighted by molar-refractivity contribution is 0.354. The lowest BCUT2D eigenvalue weighted by atomic mass is 9.92. The Balaban J connectivity index is 1.76. The van der Waals surface area contributed by atoms with E-state index in [1.165, 1.54) is 6.42 Å². The molecule has 0 bridgehead atoms. The molecule has 1 aliphatic heterocycles. The Hall–Kier alpha value is -2.34. The number of halogens is 1. The van der Waals surface area contributed by atoms with E-state index in [0.29, 0.717) is 11.8 Å². The van der Waals surface area contributed by atoms with Gasteiger partial charge >= 0.3 is 0 Å². The highest BCUT2D eigenvalue weighted by molar-refractivity contribution is 6.31. The van der Waals surface area contributed by atoms with Crippen LogP contribution in [-0.4, -0.2) is 32.8 Å². The van der Waals surface area contributed by atoms with Crippen LogP contribution in [0.1, 0.15) is 25.8 Å². The van der Waals surface area contributed by atoms with Crippen molar-refractivity contribution in [2.45, 2.75) is 27.2 Å². The Kier molecular flexibility index (Phi) is 4.68. The maximum Gasteiger partial charge on any atom is 0.229 e. The maximum atomic E-state index is 6.29. The normalized spacial score (nSPS) is 20.3. The molecule has 1 saturated heterocycles. The van der Waals surface area contributed by atoms with Gasteiger partial charge in [0.2, 0.25) is 5.95 Å². The van der Waals surface area contributed by atoms with Crippen molar-refractivity contribution < 1.29 is 0 Å². The second-order valence-electron chi connectivity index (χ2n) is 7.82. The third-order valence-corrected chi connectivity index (χ3v) is 5.57. The van der Waals surface area contributed by atoms with Gasteiger partial charge in [-0.1, -0.05) is 31.5 Å². The zero-order valence-corrected chi connectivity index (χ0v) is 17.0. The highest BCUT2D eigenvalue weighted by atomic mass is 35.5. The Bertz CT molecular complexity index is 972. The van der Waals surface area contributed by atoms with Gasteiger partial charge in [-0.3, -0.25) is 4.68 Å². The first-order valence-corrected chi connectivity index (χ1v) is 9.76. The zero-order chi connectivity index (χ0) is 19.1. The maximum absolute atomic E-state index is 6.29. The van der Waals surface area contributed by atoms with Gasteiger partial charge in [0.1, 0.15) is 5.82 Å². The molecular formula is C20H25ClN6. The van der Waals surface area contributed by atoms with E-state index in [0.717, 1.165) is 52.2 Å². The van der Waals surface area contributed by atoms with Crippen molar-refractivity contribution in [1.82, 2.24) is 19.7 Å². The molecule has 0 radical (unpaired) electrons. The predicted octanol–water partition coefficient (Wildman–Crippen LogP) is 4.55. The molecule has 0 spiro atoms. The Labute approximate surface area is 164 Å². The first-order valence-electron chi connectivity index (χ1n) is 9.38. The van der Waals surface area contributed by atoms with E-state index >= 15 is 0 Å². The summed E-state index contributed by atoms with van der Waals surface area (Å²) in [5.41, 5.74) is 2.78. The van der Waals surface area contributed by atoms with Gasteiger partial charge in [0.15, 0.2) is 5.65 Å². The predicted molar refractivity (Wildman–Crippen MR) is 111 cm³/mol. The van der Waals surface area contributed by atoms with Crippen LogP contribution in [0.15, 0.2) is 24.4 Å². The van der Waals surface area contributed by atoms with Gasteiger partial charge in [-0.2, -0.15) is 15.1 Å². The molecule has 0 amide bonds. The van der Waals surface area contributed by atoms with E-state index in [2.05, 4.69) is 29.2 Å². The molecule has 2 aromatic heterocycles. The number of hydrogen-bond donors (Lipinski definition) is 1. The van der Waals surface area contributed by atoms with Crippen LogP contribution in [0.25, 0.3) is 11.0 Å². The van der Waals surface area contributed by atoms with Crippen LogP contribution >= 0.6 is 11.6 Å². The molecular weight excluding hydrogens is 360 g/mol. The third-order valence-electron chi connectivity index (χ3n) is 5.17. The second-order valence-corrected chi connectivity index (χ2v) is 8.22. The number of nitrogens with one attached hydrogen (secondary N) is 1. The summed E-state index contributed by atoms with van der Waals surface area (Å²) < 4.78 is 1.80. The van der Waals surface area contributed by atoms with Gasteiger partial charge in [-0.25, -0.2) is 0 Å². The first kappa shape index (κ1) is 18.0. The molecule has 4 rings (SSSR count). The molecule has 0 unspecified atom stereocenters. The second kappa shape index (κ2) is 7.00. The molecule has 3 aromatic rings. The van der Waals surface area contributed by atoms with Gasteiger partial charge in [0, 0.05) is 30.8 Å². The molecule has 27 heavy (non-hydrogen) atoms. The zero-order valence-electron chi connectivity index (χ0n) is 16.2. The largest absolute Gasteiger partial charge is 0.340 e. The molecule has 1 aliphatic rings. The molecule has 1 N–H and O–H groups in total. The Morgan fingerprint density at radius 3 is 2.59 bits per heavy atom. The average Bonchev–Trinajstić information content (AvgIpc) is 2.99. The number of aryl methyl sites for hydroxylation is 2. The lowest BCUT2D eigenvalue weighted by Gasteiger charge is -2.35. The standard InChI is InChI=1S/C20H25ClN6/c1-12-7-13(2)11-27(10-12)20-24-18(16-9-22-26(4)19(16)25-20)23-15-6-5-14(3)17(21)8-15/h5-6,8-9,12-13H,7,10-11H2,1-4H3,(H,23,24,25)/t12-,13+. The van der Waals surface area contributed by atoms with Crippen LogP contribution in [0.5, 0.6) is 0 Å². The van der Waals surface area contributed by atoms with E-state index in [1.54, 1.807) is 10.9 Å². The fourth-order valence-electron chi connectivity index (χ4n) is 3.88. The summed E-state index contributed by atoms with van der Waals surface area (Å²) in [6, 6.07) is 5.93. The van der Waals surface area contributed by atoms with Crippen molar-refractivity contribution in [1.29, 1.82) is 0 Å². The van der Waals surface area contributed by atoms with E-state index in [1.807, 2.05) is 32.2 Å². The number of nitrogens with zero attached hydrogens (tertiary/aromatic N) is 5. The summed E-state index contributed by atoms with van der Waals surface area (Å²) in [7, 11) is 1.91. The smallest absolute Gasteiger partial charge is 0.229 e. The number of piperidine rings is 1. The van der Waals surface area contributed by atoms with Crippen molar-refractivity contribution >= 4 is 40.1 Å². The van der Waals surface area contributed by atoms with Crippen LogP contribution in [-0.2, 0) is 7.05 Å². The summed E-state index contributed by atoms with van der Waals surface area (Å²) in [6.45, 7) is 8.53. The molecule has 6 nitrogen and oxygen atoms in total. The number of fused-ring (bicyclic) bond motifs is 1. The first-order chi connectivity index (χ1) is 12.9. The van der Waals surface area contributed by atoms with Crippen molar-refractivity contribution in [2.75, 3.05) is 23.3 Å². The molecule has 0 aliphatic carbocycles. The third kappa shape index (κ3) is 3.58. The fourth-order valence-corrected chi connectivity index (χ4v) is 4.06. The van der Waals surface area contributed by atoms with Gasteiger partial charge in [0.05, 0.1) is 11.6 Å². The SMILES string of the molecule is Cc1ccc(Nc2nc(N3C[C@H](C)C[C@H](C)C3)nc3c2cnn3C)cc1Cl. The number of benzene rings is 1. The van der Waals surface area contributed by atoms with E-state index in [4.69, 9.17) is 21.6 Å². The van der Waals surface area contributed by atoms with Crippen molar-refractivity contribution in [2.24, 2.45) is 18.9 Å². The molecule has 142 valence electrons. The fraction of sp³-hybridized carbons (Fsp3) is 0.450. The highest BCUT2D eigenvalue weighted by Gasteiger charge is 2.25. The minimum absolute atomic E-state index is 0.631. The van der Waals surface area contributed by atoms with Gasteiger partial charge < -0.3 is 10.2 Å². The van der Waals surface area contributed by atoms with Gasteiger partial charge in [0.25, 0.3) is 0 Å². The molecule has 1 aromatic carbocycles. The molecule has 1 fully saturated rings. The van der Waals surface area contributed by atoms with Crippen LogP contribution in [0.4, 0.5) is 17.5 Å². The molecule has 3 heterocycles. The van der Waals surface area contributed by atoms with Gasteiger partial charge in [-0.05, 0) is 42.9 Å². The Morgan fingerprint density at radius 1 is 1.15 bits per heavy atom. The van der Waals surface area contributed by atoms with Crippen LogP contribution in [0.3, 0.4) is 0 Å². The highest BCUT2D eigenvalue weighted by Crippen LogP contribution is 2.30. The molecule has 2 atom stereocenters. The topological polar surface area (TPSA) is 58.9 Å². The van der Waals surface area contributed by atoms with E-state index in [-0.39, 0.29) is 0 Å². The summed E-state index contributed by atoms with van der Waals surface area (Å²) in [5.74, 6) is 2.78. The van der Waals surface area contributed by atoms with E-state index < -0.39 is 0 Å². The minimum Gasteiger partial charge on any atom is -0.340 e. The van der Waals surface area contributed by atoms with Gasteiger partial charge in [-0.15, -0.1) is 0 Å². The Morgan fingerprint density at radius 2 is 1.89 bits per heavy atom. The van der Waals surface area contributed by atoms with Crippen molar-refractivity contribution in [3.63, 3.8) is 0 Å². The number of anilines is 3. The average molecular weight is 385 g/mol. The lowest BCUT2D eigenvalue weighted by Crippen LogP contribution is -2.39. The number of aromatic nitrogens is 4. The number of rotatable bonds is 3. The van der Waals surface area contributed by atoms with Crippen molar-refractivity contribution in [3.05, 3.63) is 35.0 Å². The van der Waals surface area contributed by atoms with Crippen LogP contribution in [0.2, 0.25) is 5.02 Å². The summed E-state index contributed by atoms with van der Waals surface area (Å²) in [4.78, 5) is 12.0. The monoisotopic (exact) mass is 384 g/mol. The molecule has 0 saturated carbocycles. The number of hydrogen-bond acceptors (Lipinski definition) is 5. The minimum atomic E-state index is 0.631. The summed E-state index contributed by atoms with van der Waals surface area (Å²) in [6.07, 6.45) is 3.05. The summed E-state index contributed by atoms with van der Waals surface area (Å²) in [5, 5.41) is 9.42. The van der Waals surface area contributed by atoms with Crippen molar-refractivity contribution in [3.8, 4) is 0 Å². The summed E-state index contributed by atoms with van der Waals surface area (Å²) >= 11 is 6.29.